The highest BCUT2D eigenvalue weighted by atomic mass is 16.5. The van der Waals surface area contributed by atoms with Crippen LogP contribution in [-0.2, 0) is 16.0 Å². The van der Waals surface area contributed by atoms with Crippen LogP contribution >= 0.6 is 0 Å². The van der Waals surface area contributed by atoms with Crippen molar-refractivity contribution in [1.29, 1.82) is 0 Å². The molecule has 110 valence electrons. The molecule has 2 rings (SSSR count). The van der Waals surface area contributed by atoms with E-state index in [2.05, 4.69) is 31.3 Å². The molecule has 0 fully saturated rings. The maximum absolute atomic E-state index is 12.4. The van der Waals surface area contributed by atoms with Crippen LogP contribution in [0.4, 0.5) is 5.69 Å². The number of aryl methyl sites for hydroxylation is 2. The Bertz CT molecular complexity index is 486. The second-order valence-corrected chi connectivity index (χ2v) is 5.40. The van der Waals surface area contributed by atoms with Crippen LogP contribution in [0.5, 0.6) is 0 Å². The lowest BCUT2D eigenvalue weighted by Crippen LogP contribution is -2.42. The molecule has 0 radical (unpaired) electrons. The number of hydrogen-bond acceptors (Lipinski definition) is 3. The summed E-state index contributed by atoms with van der Waals surface area (Å²) in [5.74, 6) is 0.145. The molecule has 1 N–H and O–H groups in total. The van der Waals surface area contributed by atoms with Crippen LogP contribution < -0.4 is 10.2 Å². The molecule has 0 saturated heterocycles. The summed E-state index contributed by atoms with van der Waals surface area (Å²) in [6, 6.07) is 4.33. The van der Waals surface area contributed by atoms with Crippen LogP contribution in [0.3, 0.4) is 0 Å². The van der Waals surface area contributed by atoms with Gasteiger partial charge in [-0.1, -0.05) is 6.07 Å². The molecular formula is C16H24N2O2. The molecule has 4 nitrogen and oxygen atoms in total. The Morgan fingerprint density at radius 2 is 2.20 bits per heavy atom. The number of rotatable bonds is 5. The second-order valence-electron chi connectivity index (χ2n) is 5.40. The number of benzene rings is 1. The molecule has 0 bridgehead atoms. The summed E-state index contributed by atoms with van der Waals surface area (Å²) in [6.45, 7) is 6.74. The number of hydrogen-bond donors (Lipinski definition) is 1. The standard InChI is InChI=1S/C16H24N2O2/c1-12-9-13(2)14-5-4-7-18(15(14)10-12)16(19)11-17-6-8-20-3/h9-10,17H,4-8,11H2,1-3H3. The van der Waals surface area contributed by atoms with Crippen LogP contribution in [0.2, 0.25) is 0 Å². The van der Waals surface area contributed by atoms with E-state index in [0.717, 1.165) is 25.1 Å². The average molecular weight is 276 g/mol. The van der Waals surface area contributed by atoms with Crippen molar-refractivity contribution >= 4 is 11.6 Å². The summed E-state index contributed by atoms with van der Waals surface area (Å²) in [6.07, 6.45) is 2.11. The predicted molar refractivity (Wildman–Crippen MR) is 81.3 cm³/mol. The van der Waals surface area contributed by atoms with Gasteiger partial charge in [-0.2, -0.15) is 0 Å². The minimum atomic E-state index is 0.145. The first-order chi connectivity index (χ1) is 9.63. The van der Waals surface area contributed by atoms with E-state index >= 15 is 0 Å². The molecule has 1 aromatic carbocycles. The smallest absolute Gasteiger partial charge is 0.240 e. The lowest BCUT2D eigenvalue weighted by atomic mass is 9.95. The van der Waals surface area contributed by atoms with Crippen LogP contribution in [0.1, 0.15) is 23.1 Å². The summed E-state index contributed by atoms with van der Waals surface area (Å²) in [5.41, 5.74) is 4.94. The molecule has 1 amide bonds. The lowest BCUT2D eigenvalue weighted by molar-refractivity contribution is -0.117. The molecule has 1 aromatic rings. The number of amides is 1. The van der Waals surface area contributed by atoms with Gasteiger partial charge in [0.05, 0.1) is 13.2 Å². The fourth-order valence-electron chi connectivity index (χ4n) is 2.80. The first kappa shape index (κ1) is 15.0. The van der Waals surface area contributed by atoms with E-state index in [9.17, 15) is 4.79 Å². The number of methoxy groups -OCH3 is 1. The fourth-order valence-corrected chi connectivity index (χ4v) is 2.80. The van der Waals surface area contributed by atoms with Crippen LogP contribution in [-0.4, -0.2) is 39.3 Å². The van der Waals surface area contributed by atoms with Gasteiger partial charge in [0.15, 0.2) is 0 Å². The number of nitrogens with one attached hydrogen (secondary N) is 1. The van der Waals surface area contributed by atoms with E-state index < -0.39 is 0 Å². The topological polar surface area (TPSA) is 41.6 Å². The van der Waals surface area contributed by atoms with Crippen LogP contribution in [0.25, 0.3) is 0 Å². The van der Waals surface area contributed by atoms with Crippen LogP contribution in [0.15, 0.2) is 12.1 Å². The van der Waals surface area contributed by atoms with Gasteiger partial charge in [0.2, 0.25) is 5.91 Å². The van der Waals surface area contributed by atoms with Gasteiger partial charge in [-0.3, -0.25) is 4.79 Å². The molecule has 0 spiro atoms. The number of fused-ring (bicyclic) bond motifs is 1. The fraction of sp³-hybridized carbons (Fsp3) is 0.562. The van der Waals surface area contributed by atoms with Gasteiger partial charge in [0.25, 0.3) is 0 Å². The monoisotopic (exact) mass is 276 g/mol. The number of carbonyl (C=O) groups is 1. The minimum Gasteiger partial charge on any atom is -0.383 e. The summed E-state index contributed by atoms with van der Waals surface area (Å²) in [5, 5.41) is 3.13. The van der Waals surface area contributed by atoms with Crippen molar-refractivity contribution in [3.63, 3.8) is 0 Å². The Labute approximate surface area is 121 Å². The molecule has 0 saturated carbocycles. The van der Waals surface area contributed by atoms with Crippen molar-refractivity contribution in [2.24, 2.45) is 0 Å². The number of ether oxygens (including phenoxy) is 1. The Hall–Kier alpha value is -1.39. The normalized spacial score (nSPS) is 14.2. The number of nitrogens with zero attached hydrogens (tertiary/aromatic N) is 1. The summed E-state index contributed by atoms with van der Waals surface area (Å²) in [7, 11) is 1.66. The average Bonchev–Trinajstić information content (AvgIpc) is 2.42. The van der Waals surface area contributed by atoms with Crippen molar-refractivity contribution in [1.82, 2.24) is 5.32 Å². The quantitative estimate of drug-likeness (QED) is 0.834. The minimum absolute atomic E-state index is 0.145. The predicted octanol–water partition coefficient (Wildman–Crippen LogP) is 1.82. The Morgan fingerprint density at radius 3 is 2.95 bits per heavy atom. The van der Waals surface area contributed by atoms with Crippen molar-refractivity contribution in [3.8, 4) is 0 Å². The SMILES string of the molecule is COCCNCC(=O)N1CCCc2c(C)cc(C)cc21. The molecular weight excluding hydrogens is 252 g/mol. The van der Waals surface area contributed by atoms with Gasteiger partial charge in [-0.25, -0.2) is 0 Å². The molecule has 0 aromatic heterocycles. The number of anilines is 1. The maximum atomic E-state index is 12.4. The third-order valence-corrected chi connectivity index (χ3v) is 3.75. The van der Waals surface area contributed by atoms with Gasteiger partial charge in [-0.15, -0.1) is 0 Å². The highest BCUT2D eigenvalue weighted by molar-refractivity contribution is 5.96. The van der Waals surface area contributed by atoms with Gasteiger partial charge in [-0.05, 0) is 49.4 Å². The van der Waals surface area contributed by atoms with E-state index in [1.54, 1.807) is 7.11 Å². The van der Waals surface area contributed by atoms with Gasteiger partial charge in [0.1, 0.15) is 0 Å². The summed E-state index contributed by atoms with van der Waals surface area (Å²) < 4.78 is 4.97. The van der Waals surface area contributed by atoms with E-state index in [1.165, 1.54) is 16.7 Å². The Balaban J connectivity index is 2.09. The molecule has 0 aliphatic carbocycles. The molecule has 1 aliphatic rings. The highest BCUT2D eigenvalue weighted by Gasteiger charge is 2.23. The molecule has 0 atom stereocenters. The largest absolute Gasteiger partial charge is 0.383 e. The van der Waals surface area contributed by atoms with E-state index in [4.69, 9.17) is 4.74 Å². The third kappa shape index (κ3) is 3.38. The lowest BCUT2D eigenvalue weighted by Gasteiger charge is -2.31. The van der Waals surface area contributed by atoms with E-state index in [1.807, 2.05) is 4.90 Å². The van der Waals surface area contributed by atoms with Crippen molar-refractivity contribution in [3.05, 3.63) is 28.8 Å². The molecule has 20 heavy (non-hydrogen) atoms. The van der Waals surface area contributed by atoms with E-state index in [-0.39, 0.29) is 5.91 Å². The molecule has 1 heterocycles. The van der Waals surface area contributed by atoms with Gasteiger partial charge < -0.3 is 15.0 Å². The Morgan fingerprint density at radius 1 is 1.40 bits per heavy atom. The first-order valence-corrected chi connectivity index (χ1v) is 7.23. The summed E-state index contributed by atoms with van der Waals surface area (Å²) >= 11 is 0. The van der Waals surface area contributed by atoms with Crippen molar-refractivity contribution in [2.45, 2.75) is 26.7 Å². The zero-order valence-corrected chi connectivity index (χ0v) is 12.7. The van der Waals surface area contributed by atoms with E-state index in [0.29, 0.717) is 19.7 Å². The van der Waals surface area contributed by atoms with Crippen LogP contribution in [0, 0.1) is 13.8 Å². The third-order valence-electron chi connectivity index (χ3n) is 3.75. The Kier molecular flexibility index (Phi) is 5.15. The molecule has 1 aliphatic heterocycles. The van der Waals surface area contributed by atoms with Crippen molar-refractivity contribution in [2.75, 3.05) is 38.3 Å². The zero-order valence-electron chi connectivity index (χ0n) is 12.7. The second kappa shape index (κ2) is 6.86. The van der Waals surface area contributed by atoms with Crippen molar-refractivity contribution < 1.29 is 9.53 Å². The highest BCUT2D eigenvalue weighted by Crippen LogP contribution is 2.30. The maximum Gasteiger partial charge on any atom is 0.240 e. The molecule has 4 heteroatoms. The first-order valence-electron chi connectivity index (χ1n) is 7.23. The van der Waals surface area contributed by atoms with Gasteiger partial charge >= 0.3 is 0 Å². The summed E-state index contributed by atoms with van der Waals surface area (Å²) in [4.78, 5) is 14.3. The number of carbonyl (C=O) groups excluding carboxylic acids is 1. The molecule has 0 unspecified atom stereocenters. The zero-order chi connectivity index (χ0) is 14.5. The van der Waals surface area contributed by atoms with Gasteiger partial charge in [0, 0.05) is 25.9 Å².